The van der Waals surface area contributed by atoms with Gasteiger partial charge >= 0.3 is 0 Å². The molecule has 0 saturated carbocycles. The molecule has 0 atom stereocenters. The Morgan fingerprint density at radius 1 is 1.14 bits per heavy atom. The van der Waals surface area contributed by atoms with Crippen molar-refractivity contribution < 1.29 is 14.3 Å². The van der Waals surface area contributed by atoms with E-state index in [2.05, 4.69) is 11.1 Å². The Balaban J connectivity index is 1.61. The number of unbranched alkanes of at least 4 members (excludes halogenated alkanes) is 5. The molecule has 1 aromatic heterocycles. The maximum absolute atomic E-state index is 10.7. The third-order valence-corrected chi connectivity index (χ3v) is 4.39. The first kappa shape index (κ1) is 21.5. The predicted molar refractivity (Wildman–Crippen MR) is 114 cm³/mol. The Kier molecular flexibility index (Phi) is 9.05. The number of methoxy groups -OCH3 is 1. The van der Waals surface area contributed by atoms with Gasteiger partial charge in [0, 0.05) is 17.5 Å². The molecule has 0 aliphatic carbocycles. The number of carbonyl (C=O) groups excluding carboxylic acids is 1. The molecule has 0 spiro atoms. The quantitative estimate of drug-likeness (QED) is 0.320. The van der Waals surface area contributed by atoms with Gasteiger partial charge in [-0.2, -0.15) is 0 Å². The molecule has 2 aromatic rings. The number of primary amides is 1. The Bertz CT molecular complexity index is 828. The summed E-state index contributed by atoms with van der Waals surface area (Å²) in [5.41, 5.74) is 6.88. The number of amides is 1. The lowest BCUT2D eigenvalue weighted by atomic mass is 10.1. The zero-order valence-electron chi connectivity index (χ0n) is 16.8. The number of hydrogen-bond donors (Lipinski definition) is 1. The highest BCUT2D eigenvalue weighted by Gasteiger charge is 2.06. The molecular formula is C23H30N2O3. The van der Waals surface area contributed by atoms with Crippen LogP contribution in [-0.2, 0) is 4.79 Å². The molecule has 1 amide bonds. The molecule has 2 rings (SSSR count). The molecule has 5 nitrogen and oxygen atoms in total. The second-order valence-electron chi connectivity index (χ2n) is 6.78. The van der Waals surface area contributed by atoms with E-state index in [1.807, 2.05) is 43.3 Å². The SMILES string of the molecule is COc1cc(OCCCCCCCC=CC(C)=CC(N)=O)nc2ccccc12. The number of nitrogens with two attached hydrogens (primary N) is 1. The summed E-state index contributed by atoms with van der Waals surface area (Å²) in [4.78, 5) is 15.3. The van der Waals surface area contributed by atoms with Crippen molar-refractivity contribution in [2.24, 2.45) is 5.73 Å². The second-order valence-corrected chi connectivity index (χ2v) is 6.78. The highest BCUT2D eigenvalue weighted by atomic mass is 16.5. The minimum atomic E-state index is -0.401. The minimum absolute atomic E-state index is 0.401. The summed E-state index contributed by atoms with van der Waals surface area (Å²) < 4.78 is 11.3. The molecule has 1 heterocycles. The van der Waals surface area contributed by atoms with Crippen molar-refractivity contribution in [3.05, 3.63) is 54.1 Å². The molecule has 1 aromatic carbocycles. The van der Waals surface area contributed by atoms with Crippen molar-refractivity contribution in [1.29, 1.82) is 0 Å². The van der Waals surface area contributed by atoms with Crippen LogP contribution in [0, 0.1) is 0 Å². The summed E-state index contributed by atoms with van der Waals surface area (Å²) in [5, 5.41) is 0.992. The number of carbonyl (C=O) groups is 1. The van der Waals surface area contributed by atoms with Crippen molar-refractivity contribution in [2.75, 3.05) is 13.7 Å². The van der Waals surface area contributed by atoms with Gasteiger partial charge in [-0.15, -0.1) is 0 Å². The number of allylic oxidation sites excluding steroid dienone is 3. The van der Waals surface area contributed by atoms with Gasteiger partial charge in [-0.1, -0.05) is 43.5 Å². The molecule has 0 saturated heterocycles. The van der Waals surface area contributed by atoms with Gasteiger partial charge in [0.25, 0.3) is 0 Å². The Hall–Kier alpha value is -2.82. The van der Waals surface area contributed by atoms with Crippen LogP contribution in [0.4, 0.5) is 0 Å². The van der Waals surface area contributed by atoms with E-state index in [9.17, 15) is 4.79 Å². The van der Waals surface area contributed by atoms with E-state index in [0.29, 0.717) is 12.5 Å². The zero-order valence-corrected chi connectivity index (χ0v) is 16.8. The van der Waals surface area contributed by atoms with Crippen molar-refractivity contribution in [3.63, 3.8) is 0 Å². The largest absolute Gasteiger partial charge is 0.496 e. The fraction of sp³-hybridized carbons (Fsp3) is 0.391. The molecule has 0 aliphatic rings. The minimum Gasteiger partial charge on any atom is -0.496 e. The number of aromatic nitrogens is 1. The number of para-hydroxylation sites is 1. The van der Waals surface area contributed by atoms with Gasteiger partial charge in [-0.3, -0.25) is 4.79 Å². The molecule has 5 heteroatoms. The lowest BCUT2D eigenvalue weighted by molar-refractivity contribution is -0.113. The van der Waals surface area contributed by atoms with Crippen LogP contribution in [0.15, 0.2) is 54.1 Å². The molecule has 2 N–H and O–H groups in total. The first-order valence-corrected chi connectivity index (χ1v) is 9.81. The Morgan fingerprint density at radius 3 is 2.68 bits per heavy atom. The number of ether oxygens (including phenoxy) is 2. The summed E-state index contributed by atoms with van der Waals surface area (Å²) in [7, 11) is 1.66. The summed E-state index contributed by atoms with van der Waals surface area (Å²) in [6.07, 6.45) is 12.2. The summed E-state index contributed by atoms with van der Waals surface area (Å²) in [5.74, 6) is 0.997. The van der Waals surface area contributed by atoms with Crippen LogP contribution in [-0.4, -0.2) is 24.6 Å². The van der Waals surface area contributed by atoms with Crippen LogP contribution in [0.3, 0.4) is 0 Å². The van der Waals surface area contributed by atoms with Crippen molar-refractivity contribution in [2.45, 2.75) is 45.4 Å². The number of benzene rings is 1. The predicted octanol–water partition coefficient (Wildman–Crippen LogP) is 4.95. The van der Waals surface area contributed by atoms with Gasteiger partial charge in [0.05, 0.1) is 19.2 Å². The molecule has 28 heavy (non-hydrogen) atoms. The number of nitrogens with zero attached hydrogens (tertiary/aromatic N) is 1. The average molecular weight is 383 g/mol. The van der Waals surface area contributed by atoms with E-state index >= 15 is 0 Å². The topological polar surface area (TPSA) is 74.4 Å². The maximum Gasteiger partial charge on any atom is 0.241 e. The van der Waals surface area contributed by atoms with Crippen LogP contribution in [0.25, 0.3) is 10.9 Å². The molecule has 0 bridgehead atoms. The van der Waals surface area contributed by atoms with E-state index in [1.165, 1.54) is 18.9 Å². The van der Waals surface area contributed by atoms with Crippen LogP contribution in [0.1, 0.15) is 45.4 Å². The van der Waals surface area contributed by atoms with E-state index < -0.39 is 5.91 Å². The first-order valence-electron chi connectivity index (χ1n) is 9.81. The molecule has 0 fully saturated rings. The lowest BCUT2D eigenvalue weighted by Crippen LogP contribution is -2.06. The summed E-state index contributed by atoms with van der Waals surface area (Å²) in [6.45, 7) is 2.53. The smallest absolute Gasteiger partial charge is 0.241 e. The van der Waals surface area contributed by atoms with Crippen molar-refractivity contribution in [3.8, 4) is 11.6 Å². The van der Waals surface area contributed by atoms with Gasteiger partial charge in [-0.25, -0.2) is 4.98 Å². The van der Waals surface area contributed by atoms with Crippen molar-refractivity contribution >= 4 is 16.8 Å². The molecular weight excluding hydrogens is 352 g/mol. The van der Waals surface area contributed by atoms with Crippen LogP contribution in [0.5, 0.6) is 11.6 Å². The summed E-state index contributed by atoms with van der Waals surface area (Å²) in [6, 6.07) is 9.74. The van der Waals surface area contributed by atoms with Crippen LogP contribution in [0.2, 0.25) is 0 Å². The van der Waals surface area contributed by atoms with E-state index in [1.54, 1.807) is 7.11 Å². The number of hydrogen-bond acceptors (Lipinski definition) is 4. The molecule has 0 radical (unpaired) electrons. The fourth-order valence-electron chi connectivity index (χ4n) is 2.98. The Labute approximate surface area is 167 Å². The zero-order chi connectivity index (χ0) is 20.2. The van der Waals surface area contributed by atoms with Crippen LogP contribution < -0.4 is 15.2 Å². The fourth-order valence-corrected chi connectivity index (χ4v) is 2.98. The highest BCUT2D eigenvalue weighted by Crippen LogP contribution is 2.28. The van der Waals surface area contributed by atoms with Crippen molar-refractivity contribution in [1.82, 2.24) is 4.98 Å². The number of fused-ring (bicyclic) bond motifs is 1. The monoisotopic (exact) mass is 382 g/mol. The normalized spacial score (nSPS) is 11.9. The maximum atomic E-state index is 10.7. The molecule has 0 unspecified atom stereocenters. The van der Waals surface area contributed by atoms with E-state index in [4.69, 9.17) is 15.2 Å². The number of pyridine rings is 1. The van der Waals surface area contributed by atoms with Gasteiger partial charge in [0.1, 0.15) is 5.75 Å². The lowest BCUT2D eigenvalue weighted by Gasteiger charge is -2.09. The third kappa shape index (κ3) is 7.43. The first-order chi connectivity index (χ1) is 13.6. The van der Waals surface area contributed by atoms with Gasteiger partial charge in [0.15, 0.2) is 0 Å². The summed E-state index contributed by atoms with van der Waals surface area (Å²) >= 11 is 0. The highest BCUT2D eigenvalue weighted by molar-refractivity contribution is 5.87. The average Bonchev–Trinajstić information content (AvgIpc) is 2.68. The Morgan fingerprint density at radius 2 is 1.89 bits per heavy atom. The third-order valence-electron chi connectivity index (χ3n) is 4.39. The van der Waals surface area contributed by atoms with Gasteiger partial charge in [0.2, 0.25) is 11.8 Å². The van der Waals surface area contributed by atoms with Gasteiger partial charge in [-0.05, 0) is 43.9 Å². The second kappa shape index (κ2) is 11.8. The molecule has 150 valence electrons. The van der Waals surface area contributed by atoms with Crippen LogP contribution >= 0.6 is 0 Å². The van der Waals surface area contributed by atoms with E-state index in [-0.39, 0.29) is 0 Å². The standard InChI is InChI=1S/C23H30N2O3/c1-18(16-22(24)26)12-8-6-4-3-5-7-11-15-28-23-17-21(27-2)19-13-9-10-14-20(19)25-23/h8-10,12-14,16-17H,3-7,11,15H2,1-2H3,(H2,24,26). The number of rotatable bonds is 12. The van der Waals surface area contributed by atoms with Gasteiger partial charge < -0.3 is 15.2 Å². The molecule has 0 aliphatic heterocycles. The van der Waals surface area contributed by atoms with E-state index in [0.717, 1.165) is 47.9 Å².